The average Bonchev–Trinajstić information content (AvgIpc) is 2.92. The predicted molar refractivity (Wildman–Crippen MR) is 86.0 cm³/mol. The maximum Gasteiger partial charge on any atom is 0.186 e. The highest BCUT2D eigenvalue weighted by Crippen LogP contribution is 2.39. The largest absolute Gasteiger partial charge is 0.388 e. The molecular formula is C16H25N3OS. The van der Waals surface area contributed by atoms with E-state index in [9.17, 15) is 5.11 Å². The maximum absolute atomic E-state index is 10.2. The third-order valence-corrected chi connectivity index (χ3v) is 6.58. The van der Waals surface area contributed by atoms with Crippen LogP contribution in [-0.2, 0) is 6.42 Å². The summed E-state index contributed by atoms with van der Waals surface area (Å²) in [4.78, 5) is 11.2. The van der Waals surface area contributed by atoms with Crippen molar-refractivity contribution in [1.82, 2.24) is 9.88 Å². The third kappa shape index (κ3) is 2.49. The average molecular weight is 307 g/mol. The van der Waals surface area contributed by atoms with Crippen molar-refractivity contribution in [2.75, 3.05) is 24.5 Å². The molecule has 4 nitrogen and oxygen atoms in total. The summed E-state index contributed by atoms with van der Waals surface area (Å²) < 4.78 is 0. The Morgan fingerprint density at radius 1 is 1.19 bits per heavy atom. The molecule has 1 aromatic heterocycles. The van der Waals surface area contributed by atoms with Crippen LogP contribution in [-0.4, -0.2) is 46.7 Å². The smallest absolute Gasteiger partial charge is 0.186 e. The molecule has 4 rings (SSSR count). The Hall–Kier alpha value is -0.650. The lowest BCUT2D eigenvalue weighted by Crippen LogP contribution is -2.58. The molecule has 5 heteroatoms. The van der Waals surface area contributed by atoms with Crippen molar-refractivity contribution in [2.24, 2.45) is 0 Å². The molecule has 0 spiro atoms. The van der Waals surface area contributed by atoms with E-state index >= 15 is 0 Å². The first-order valence-corrected chi connectivity index (χ1v) is 9.22. The summed E-state index contributed by atoms with van der Waals surface area (Å²) in [5.41, 5.74) is 1.16. The van der Waals surface area contributed by atoms with Gasteiger partial charge in [0.2, 0.25) is 0 Å². The molecule has 0 radical (unpaired) electrons. The number of piperidine rings is 1. The van der Waals surface area contributed by atoms with Crippen LogP contribution < -0.4 is 4.90 Å². The van der Waals surface area contributed by atoms with E-state index in [0.717, 1.165) is 48.1 Å². The van der Waals surface area contributed by atoms with Gasteiger partial charge in [0.1, 0.15) is 0 Å². The summed E-state index contributed by atoms with van der Waals surface area (Å²) in [6.45, 7) is 5.87. The third-order valence-electron chi connectivity index (χ3n) is 5.34. The molecule has 21 heavy (non-hydrogen) atoms. The predicted octanol–water partition coefficient (Wildman–Crippen LogP) is 2.58. The fraction of sp³-hybridized carbons (Fsp3) is 0.812. The molecule has 0 saturated carbocycles. The van der Waals surface area contributed by atoms with Crippen LogP contribution in [0.3, 0.4) is 0 Å². The molecule has 2 aliphatic heterocycles. The Labute approximate surface area is 130 Å². The fourth-order valence-corrected chi connectivity index (χ4v) is 5.37. The summed E-state index contributed by atoms with van der Waals surface area (Å²) in [6.07, 6.45) is 6.81. The van der Waals surface area contributed by atoms with Crippen LogP contribution in [0.1, 0.15) is 55.7 Å². The van der Waals surface area contributed by atoms with Crippen molar-refractivity contribution in [3.05, 3.63) is 10.6 Å². The van der Waals surface area contributed by atoms with Gasteiger partial charge in [-0.2, -0.15) is 0 Å². The van der Waals surface area contributed by atoms with Gasteiger partial charge < -0.3 is 10.0 Å². The van der Waals surface area contributed by atoms with E-state index in [4.69, 9.17) is 4.98 Å². The van der Waals surface area contributed by atoms with Crippen molar-refractivity contribution in [3.8, 4) is 0 Å². The first-order valence-electron chi connectivity index (χ1n) is 8.40. The van der Waals surface area contributed by atoms with Gasteiger partial charge in [-0.1, -0.05) is 17.8 Å². The zero-order valence-electron chi connectivity index (χ0n) is 12.8. The van der Waals surface area contributed by atoms with Gasteiger partial charge in [-0.25, -0.2) is 4.98 Å². The van der Waals surface area contributed by atoms with E-state index in [2.05, 4.69) is 16.7 Å². The number of hydrogen-bond donors (Lipinski definition) is 1. The summed E-state index contributed by atoms with van der Waals surface area (Å²) in [5.74, 6) is 0. The van der Waals surface area contributed by atoms with Crippen LogP contribution in [0.4, 0.5) is 5.13 Å². The molecule has 0 aromatic carbocycles. The number of aliphatic hydroxyl groups excluding tert-OH is 1. The van der Waals surface area contributed by atoms with Crippen molar-refractivity contribution in [3.63, 3.8) is 0 Å². The topological polar surface area (TPSA) is 39.6 Å². The van der Waals surface area contributed by atoms with Gasteiger partial charge in [0.05, 0.1) is 16.7 Å². The second-order valence-corrected chi connectivity index (χ2v) is 7.87. The standard InChI is InChI=1S/C16H25N3OS/c1-11-9-18-8-3-2-5-12(18)10-19(11)16-17-13-6-4-7-14(20)15(13)21-16/h11-12,14,20H,2-10H2,1H3. The maximum atomic E-state index is 10.2. The highest BCUT2D eigenvalue weighted by Gasteiger charge is 2.35. The number of thiazole rings is 1. The Bertz CT molecular complexity index is 518. The zero-order valence-corrected chi connectivity index (χ0v) is 13.6. The second-order valence-electron chi connectivity index (χ2n) is 6.86. The molecule has 0 amide bonds. The minimum absolute atomic E-state index is 0.272. The molecule has 3 atom stereocenters. The van der Waals surface area contributed by atoms with Gasteiger partial charge in [-0.15, -0.1) is 0 Å². The molecule has 3 aliphatic rings. The van der Waals surface area contributed by atoms with Crippen LogP contribution >= 0.6 is 11.3 Å². The summed E-state index contributed by atoms with van der Waals surface area (Å²) in [5, 5.41) is 11.3. The van der Waals surface area contributed by atoms with Crippen LogP contribution in [0.15, 0.2) is 0 Å². The quantitative estimate of drug-likeness (QED) is 0.865. The van der Waals surface area contributed by atoms with E-state index in [1.807, 2.05) is 0 Å². The summed E-state index contributed by atoms with van der Waals surface area (Å²) in [7, 11) is 0. The first-order chi connectivity index (χ1) is 10.2. The second kappa shape index (κ2) is 5.52. The SMILES string of the molecule is CC1CN2CCCCC2CN1c1nc2c(s1)C(O)CCC2. The van der Waals surface area contributed by atoms with Gasteiger partial charge >= 0.3 is 0 Å². The van der Waals surface area contributed by atoms with Gasteiger partial charge in [-0.3, -0.25) is 4.90 Å². The fourth-order valence-electron chi connectivity index (χ4n) is 4.13. The van der Waals surface area contributed by atoms with Crippen LogP contribution in [0.2, 0.25) is 0 Å². The normalized spacial score (nSPS) is 33.6. The van der Waals surface area contributed by atoms with E-state index in [0.29, 0.717) is 12.1 Å². The molecule has 3 unspecified atom stereocenters. The highest BCUT2D eigenvalue weighted by atomic mass is 32.1. The number of nitrogens with zero attached hydrogens (tertiary/aromatic N) is 3. The van der Waals surface area contributed by atoms with Crippen LogP contribution in [0.5, 0.6) is 0 Å². The molecular weight excluding hydrogens is 282 g/mol. The van der Waals surface area contributed by atoms with Crippen molar-refractivity contribution < 1.29 is 5.11 Å². The lowest BCUT2D eigenvalue weighted by molar-refractivity contribution is 0.115. The number of hydrogen-bond acceptors (Lipinski definition) is 5. The number of aliphatic hydroxyl groups is 1. The van der Waals surface area contributed by atoms with E-state index in [1.165, 1.54) is 25.8 Å². The molecule has 116 valence electrons. The van der Waals surface area contributed by atoms with Gasteiger partial charge in [-0.05, 0) is 45.6 Å². The zero-order chi connectivity index (χ0) is 14.4. The summed E-state index contributed by atoms with van der Waals surface area (Å²) >= 11 is 1.74. The van der Waals surface area contributed by atoms with E-state index in [1.54, 1.807) is 11.3 Å². The highest BCUT2D eigenvalue weighted by molar-refractivity contribution is 7.15. The Kier molecular flexibility index (Phi) is 3.67. The number of aromatic nitrogens is 1. The van der Waals surface area contributed by atoms with Crippen LogP contribution in [0, 0.1) is 0 Å². The number of piperazine rings is 1. The Morgan fingerprint density at radius 2 is 2.10 bits per heavy atom. The Morgan fingerprint density at radius 3 is 2.95 bits per heavy atom. The van der Waals surface area contributed by atoms with Crippen molar-refractivity contribution in [2.45, 2.75) is 63.6 Å². The lowest BCUT2D eigenvalue weighted by Gasteiger charge is -2.47. The van der Waals surface area contributed by atoms with Gasteiger partial charge in [0.25, 0.3) is 0 Å². The number of rotatable bonds is 1. The van der Waals surface area contributed by atoms with Crippen molar-refractivity contribution >= 4 is 16.5 Å². The number of fused-ring (bicyclic) bond motifs is 2. The Balaban J connectivity index is 1.58. The molecule has 1 N–H and O–H groups in total. The molecule has 2 saturated heterocycles. The number of aryl methyl sites for hydroxylation is 1. The summed E-state index contributed by atoms with van der Waals surface area (Å²) in [6, 6.07) is 1.24. The van der Waals surface area contributed by atoms with Gasteiger partial charge in [0, 0.05) is 25.2 Å². The minimum Gasteiger partial charge on any atom is -0.388 e. The molecule has 0 bridgehead atoms. The molecule has 2 fully saturated rings. The lowest BCUT2D eigenvalue weighted by atomic mass is 9.97. The minimum atomic E-state index is -0.272. The molecule has 1 aliphatic carbocycles. The van der Waals surface area contributed by atoms with Crippen LogP contribution in [0.25, 0.3) is 0 Å². The number of anilines is 1. The first kappa shape index (κ1) is 14.0. The monoisotopic (exact) mass is 307 g/mol. The molecule has 3 heterocycles. The molecule has 1 aromatic rings. The van der Waals surface area contributed by atoms with E-state index in [-0.39, 0.29) is 6.10 Å². The van der Waals surface area contributed by atoms with E-state index < -0.39 is 0 Å². The van der Waals surface area contributed by atoms with Gasteiger partial charge in [0.15, 0.2) is 5.13 Å². The van der Waals surface area contributed by atoms with Crippen molar-refractivity contribution in [1.29, 1.82) is 0 Å².